The molecule has 7 heteroatoms. The van der Waals surface area contributed by atoms with Crippen molar-refractivity contribution in [3.63, 3.8) is 0 Å². The lowest BCUT2D eigenvalue weighted by Crippen LogP contribution is -3.03. The van der Waals surface area contributed by atoms with E-state index in [2.05, 4.69) is 10.6 Å². The zero-order valence-electron chi connectivity index (χ0n) is 17.8. The Morgan fingerprint density at radius 1 is 1.03 bits per heavy atom. The van der Waals surface area contributed by atoms with Crippen LogP contribution < -0.4 is 10.6 Å². The molecule has 6 nitrogen and oxygen atoms in total. The average Bonchev–Trinajstić information content (AvgIpc) is 3.22. The zero-order chi connectivity index (χ0) is 20.9. The van der Waals surface area contributed by atoms with Crippen molar-refractivity contribution >= 4 is 21.6 Å². The predicted molar refractivity (Wildman–Crippen MR) is 115 cm³/mol. The minimum absolute atomic E-state index is 0.000829. The van der Waals surface area contributed by atoms with Crippen molar-refractivity contribution in [1.82, 2.24) is 4.31 Å². The molecule has 0 radical (unpaired) electrons. The van der Waals surface area contributed by atoms with Gasteiger partial charge in [0.2, 0.25) is 10.0 Å². The molecule has 1 amide bonds. The first-order chi connectivity index (χ1) is 14.3. The van der Waals surface area contributed by atoms with Gasteiger partial charge in [-0.15, -0.1) is 0 Å². The van der Waals surface area contributed by atoms with Crippen LogP contribution in [0.1, 0.15) is 58.3 Å². The fourth-order valence-electron chi connectivity index (χ4n) is 7.03. The zero-order valence-corrected chi connectivity index (χ0v) is 18.7. The Labute approximate surface area is 179 Å². The van der Waals surface area contributed by atoms with Crippen LogP contribution in [0.4, 0.5) is 5.69 Å². The Morgan fingerprint density at radius 3 is 2.10 bits per heavy atom. The van der Waals surface area contributed by atoms with Gasteiger partial charge in [-0.2, -0.15) is 4.31 Å². The number of anilines is 1. The number of amides is 1. The first-order valence-electron chi connectivity index (χ1n) is 11.6. The van der Waals surface area contributed by atoms with Crippen LogP contribution in [0.2, 0.25) is 0 Å². The number of benzene rings is 1. The number of quaternary nitrogens is 1. The molecule has 4 saturated carbocycles. The Morgan fingerprint density at radius 2 is 1.57 bits per heavy atom. The summed E-state index contributed by atoms with van der Waals surface area (Å²) in [4.78, 5) is 13.2. The third-order valence-corrected chi connectivity index (χ3v) is 9.84. The fourth-order valence-corrected chi connectivity index (χ4v) is 8.55. The SMILES string of the molecule is C[C@@H]([NH2+]C12CC3CC(CC(C3)C1)C2)C(=O)Nc1ccc(S(=O)(=O)N2CCCC2)cc1. The van der Waals surface area contributed by atoms with Gasteiger partial charge in [0, 0.05) is 38.0 Å². The van der Waals surface area contributed by atoms with E-state index in [1.807, 2.05) is 6.92 Å². The maximum Gasteiger partial charge on any atom is 0.282 e. The highest BCUT2D eigenvalue weighted by molar-refractivity contribution is 7.89. The molecule has 30 heavy (non-hydrogen) atoms. The van der Waals surface area contributed by atoms with Crippen LogP contribution in [0.25, 0.3) is 0 Å². The van der Waals surface area contributed by atoms with Crippen LogP contribution in [0.5, 0.6) is 0 Å². The summed E-state index contributed by atoms with van der Waals surface area (Å²) in [5.41, 5.74) is 0.922. The van der Waals surface area contributed by atoms with E-state index >= 15 is 0 Å². The number of carbonyl (C=O) groups excluding carboxylic acids is 1. The van der Waals surface area contributed by atoms with Gasteiger partial charge in [-0.3, -0.25) is 4.79 Å². The second-order valence-corrected chi connectivity index (χ2v) is 12.3. The number of rotatable bonds is 6. The van der Waals surface area contributed by atoms with E-state index < -0.39 is 10.0 Å². The molecule has 0 unspecified atom stereocenters. The highest BCUT2D eigenvalue weighted by Crippen LogP contribution is 2.54. The maximum absolute atomic E-state index is 12.9. The van der Waals surface area contributed by atoms with E-state index in [0.29, 0.717) is 23.7 Å². The second kappa shape index (κ2) is 7.61. The van der Waals surface area contributed by atoms with Crippen LogP contribution in [0, 0.1) is 17.8 Å². The number of carbonyl (C=O) groups is 1. The van der Waals surface area contributed by atoms with E-state index in [9.17, 15) is 13.2 Å². The Kier molecular flexibility index (Phi) is 5.19. The summed E-state index contributed by atoms with van der Waals surface area (Å²) >= 11 is 0. The van der Waals surface area contributed by atoms with Gasteiger partial charge < -0.3 is 10.6 Å². The summed E-state index contributed by atoms with van der Waals surface area (Å²) in [5, 5.41) is 5.34. The smallest absolute Gasteiger partial charge is 0.282 e. The largest absolute Gasteiger partial charge is 0.331 e. The quantitative estimate of drug-likeness (QED) is 0.724. The minimum Gasteiger partial charge on any atom is -0.331 e. The molecular weight excluding hydrogens is 398 g/mol. The lowest BCUT2D eigenvalue weighted by atomic mass is 9.53. The lowest BCUT2D eigenvalue weighted by Gasteiger charge is -2.55. The molecule has 4 bridgehead atoms. The van der Waals surface area contributed by atoms with Gasteiger partial charge in [-0.1, -0.05) is 0 Å². The topological polar surface area (TPSA) is 83.1 Å². The van der Waals surface area contributed by atoms with Crippen molar-refractivity contribution in [3.05, 3.63) is 24.3 Å². The van der Waals surface area contributed by atoms with Gasteiger partial charge in [-0.05, 0) is 81.0 Å². The number of nitrogens with two attached hydrogens (primary N) is 1. The molecule has 0 aromatic heterocycles. The standard InChI is InChI=1S/C23H33N3O3S/c1-16(25-23-13-17-10-18(14-23)12-19(11-17)15-23)22(27)24-20-4-6-21(7-5-20)30(28,29)26-8-2-3-9-26/h4-7,16-19,25H,2-3,8-15H2,1H3,(H,24,27)/p+1/t16-,17?,18?,19?,23?/m1/s1. The van der Waals surface area contributed by atoms with Crippen LogP contribution >= 0.6 is 0 Å². The van der Waals surface area contributed by atoms with Crippen LogP contribution in [0.15, 0.2) is 29.2 Å². The van der Waals surface area contributed by atoms with E-state index in [1.165, 1.54) is 38.5 Å². The van der Waals surface area contributed by atoms with Gasteiger partial charge in [-0.25, -0.2) is 8.42 Å². The van der Waals surface area contributed by atoms with Crippen LogP contribution in [0.3, 0.4) is 0 Å². The Hall–Kier alpha value is -1.44. The molecule has 1 aromatic rings. The number of hydrogen-bond donors (Lipinski definition) is 2. The molecule has 1 saturated heterocycles. The predicted octanol–water partition coefficient (Wildman–Crippen LogP) is 2.33. The summed E-state index contributed by atoms with van der Waals surface area (Å²) in [5.74, 6) is 2.61. The lowest BCUT2D eigenvalue weighted by molar-refractivity contribution is -0.754. The van der Waals surface area contributed by atoms with Crippen molar-refractivity contribution in [2.24, 2.45) is 17.8 Å². The number of sulfonamides is 1. The molecule has 164 valence electrons. The van der Waals surface area contributed by atoms with Crippen LogP contribution in [-0.2, 0) is 14.8 Å². The maximum atomic E-state index is 12.9. The van der Waals surface area contributed by atoms with Gasteiger partial charge >= 0.3 is 0 Å². The molecule has 1 aliphatic heterocycles. The normalized spacial score (nSPS) is 34.2. The van der Waals surface area contributed by atoms with E-state index in [4.69, 9.17) is 0 Å². The molecule has 5 fully saturated rings. The van der Waals surface area contributed by atoms with Gasteiger partial charge in [0.1, 0.15) is 0 Å². The second-order valence-electron chi connectivity index (χ2n) is 10.4. The minimum atomic E-state index is -3.42. The number of nitrogens with one attached hydrogen (secondary N) is 1. The molecule has 1 heterocycles. The first-order valence-corrected chi connectivity index (χ1v) is 13.0. The Bertz CT molecular complexity index is 871. The summed E-state index contributed by atoms with van der Waals surface area (Å²) in [6.07, 6.45) is 9.84. The van der Waals surface area contributed by atoms with E-state index in [-0.39, 0.29) is 17.5 Å². The molecule has 1 aromatic carbocycles. The monoisotopic (exact) mass is 432 g/mol. The van der Waals surface area contributed by atoms with Gasteiger partial charge in [0.15, 0.2) is 6.04 Å². The molecule has 5 aliphatic rings. The first kappa shape index (κ1) is 20.5. The average molecular weight is 433 g/mol. The highest BCUT2D eigenvalue weighted by Gasteiger charge is 2.54. The highest BCUT2D eigenvalue weighted by atomic mass is 32.2. The number of nitrogens with zero attached hydrogens (tertiary/aromatic N) is 1. The summed E-state index contributed by atoms with van der Waals surface area (Å²) in [7, 11) is -3.42. The Balaban J connectivity index is 1.21. The van der Waals surface area contributed by atoms with Crippen molar-refractivity contribution in [3.8, 4) is 0 Å². The molecule has 0 spiro atoms. The molecule has 1 atom stereocenters. The molecule has 4 aliphatic carbocycles. The summed E-state index contributed by atoms with van der Waals surface area (Å²) < 4.78 is 26.9. The van der Waals surface area contributed by atoms with Crippen LogP contribution in [-0.4, -0.2) is 43.3 Å². The molecule has 3 N–H and O–H groups in total. The van der Waals surface area contributed by atoms with Gasteiger partial charge in [0.05, 0.1) is 10.4 Å². The van der Waals surface area contributed by atoms with Crippen molar-refractivity contribution in [2.75, 3.05) is 18.4 Å². The summed E-state index contributed by atoms with van der Waals surface area (Å²) in [6, 6.07) is 6.48. The van der Waals surface area contributed by atoms with Crippen molar-refractivity contribution in [2.45, 2.75) is 74.8 Å². The van der Waals surface area contributed by atoms with Crippen molar-refractivity contribution in [1.29, 1.82) is 0 Å². The van der Waals surface area contributed by atoms with Crippen molar-refractivity contribution < 1.29 is 18.5 Å². The molecule has 6 rings (SSSR count). The van der Waals surface area contributed by atoms with E-state index in [1.54, 1.807) is 28.6 Å². The molecular formula is C23H34N3O3S+. The third-order valence-electron chi connectivity index (χ3n) is 7.93. The van der Waals surface area contributed by atoms with Gasteiger partial charge in [0.25, 0.3) is 5.91 Å². The fraction of sp³-hybridized carbons (Fsp3) is 0.696. The number of hydrogen-bond acceptors (Lipinski definition) is 3. The van der Waals surface area contributed by atoms with E-state index in [0.717, 1.165) is 30.6 Å². The third kappa shape index (κ3) is 3.80. The summed E-state index contributed by atoms with van der Waals surface area (Å²) in [6.45, 7) is 3.19.